The van der Waals surface area contributed by atoms with E-state index >= 15 is 0 Å². The summed E-state index contributed by atoms with van der Waals surface area (Å²) < 4.78 is 14.2. The molecule has 3 rings (SSSR count). The number of rotatable bonds is 3. The summed E-state index contributed by atoms with van der Waals surface area (Å²) >= 11 is 0. The molecule has 1 aromatic heterocycles. The number of benzene rings is 2. The maximum absolute atomic E-state index is 13.1. The summed E-state index contributed by atoms with van der Waals surface area (Å²) in [5, 5.41) is 0. The zero-order valence-corrected chi connectivity index (χ0v) is 11.7. The van der Waals surface area contributed by atoms with Gasteiger partial charge in [0, 0.05) is 12.1 Å². The summed E-state index contributed by atoms with van der Waals surface area (Å²) in [4.78, 5) is 26.8. The van der Waals surface area contributed by atoms with Crippen molar-refractivity contribution in [1.29, 1.82) is 0 Å². The molecule has 3 aromatic rings. The monoisotopic (exact) mass is 299 g/mol. The third-order valence-corrected chi connectivity index (χ3v) is 3.47. The predicted octanol–water partition coefficient (Wildman–Crippen LogP) is 2.32. The van der Waals surface area contributed by atoms with E-state index in [0.717, 1.165) is 4.57 Å². The Balaban J connectivity index is 1.86. The van der Waals surface area contributed by atoms with Crippen LogP contribution in [0.5, 0.6) is 0 Å². The lowest BCUT2D eigenvalue weighted by Crippen LogP contribution is -2.24. The molecule has 0 aliphatic carbocycles. The number of nitrogens with two attached hydrogens (primary N) is 1. The summed E-state index contributed by atoms with van der Waals surface area (Å²) in [5.41, 5.74) is 7.39. The highest BCUT2D eigenvalue weighted by Gasteiger charge is 2.14. The fourth-order valence-electron chi connectivity index (χ4n) is 2.43. The summed E-state index contributed by atoms with van der Waals surface area (Å²) in [6.07, 6.45) is 0.478. The fraction of sp³-hybridized carbons (Fsp3) is 0.125. The number of halogens is 1. The van der Waals surface area contributed by atoms with E-state index in [0.29, 0.717) is 28.7 Å². The van der Waals surface area contributed by atoms with Gasteiger partial charge in [-0.3, -0.25) is 4.79 Å². The quantitative estimate of drug-likeness (QED) is 0.728. The van der Waals surface area contributed by atoms with Crippen molar-refractivity contribution in [3.63, 3.8) is 0 Å². The van der Waals surface area contributed by atoms with E-state index < -0.39 is 5.69 Å². The number of H-pyrrole nitrogens is 1. The molecular weight excluding hydrogens is 285 g/mol. The number of nitrogens with one attached hydrogen (secondary N) is 1. The van der Waals surface area contributed by atoms with Gasteiger partial charge in [0.2, 0.25) is 5.91 Å². The van der Waals surface area contributed by atoms with E-state index in [-0.39, 0.29) is 18.1 Å². The van der Waals surface area contributed by atoms with Gasteiger partial charge >= 0.3 is 5.69 Å². The molecule has 1 heterocycles. The largest absolute Gasteiger partial charge is 0.399 e. The van der Waals surface area contributed by atoms with E-state index in [2.05, 4.69) is 4.98 Å². The maximum Gasteiger partial charge on any atom is 0.333 e. The van der Waals surface area contributed by atoms with Gasteiger partial charge in [-0.05, 0) is 42.3 Å². The molecule has 0 bridgehead atoms. The smallest absolute Gasteiger partial charge is 0.333 e. The molecule has 5 nitrogen and oxygen atoms in total. The molecule has 3 N–H and O–H groups in total. The molecule has 0 aliphatic rings. The van der Waals surface area contributed by atoms with Gasteiger partial charge in [-0.15, -0.1) is 0 Å². The normalized spacial score (nSPS) is 11.0. The number of nitrogen functional groups attached to an aromatic ring is 1. The van der Waals surface area contributed by atoms with Crippen LogP contribution in [0.25, 0.3) is 11.0 Å². The molecule has 2 aromatic carbocycles. The Morgan fingerprint density at radius 3 is 2.82 bits per heavy atom. The zero-order chi connectivity index (χ0) is 15.7. The van der Waals surface area contributed by atoms with E-state index in [4.69, 9.17) is 5.73 Å². The highest BCUT2D eigenvalue weighted by atomic mass is 19.1. The molecule has 6 heteroatoms. The average molecular weight is 299 g/mol. The van der Waals surface area contributed by atoms with Crippen LogP contribution in [-0.2, 0) is 6.42 Å². The van der Waals surface area contributed by atoms with Gasteiger partial charge in [0.05, 0.1) is 11.0 Å². The summed E-state index contributed by atoms with van der Waals surface area (Å²) in [6.45, 7) is 0. The Morgan fingerprint density at radius 1 is 1.23 bits per heavy atom. The average Bonchev–Trinajstić information content (AvgIpc) is 2.80. The SMILES string of the molecule is Nc1ccc2c(c1)[nH]c(=O)n2C(=O)CCc1cccc(F)c1. The number of nitrogens with zero attached hydrogens (tertiary/aromatic N) is 1. The Labute approximate surface area is 125 Å². The van der Waals surface area contributed by atoms with Crippen molar-refractivity contribution >= 4 is 22.6 Å². The van der Waals surface area contributed by atoms with Crippen molar-refractivity contribution < 1.29 is 9.18 Å². The van der Waals surface area contributed by atoms with Crippen LogP contribution in [0.3, 0.4) is 0 Å². The number of hydrogen-bond donors (Lipinski definition) is 2. The molecular formula is C16H14FN3O2. The minimum atomic E-state index is -0.496. The van der Waals surface area contributed by atoms with Crippen molar-refractivity contribution in [3.8, 4) is 0 Å². The van der Waals surface area contributed by atoms with E-state index in [1.807, 2.05) is 0 Å². The van der Waals surface area contributed by atoms with Crippen LogP contribution in [-0.4, -0.2) is 15.5 Å². The number of aromatic nitrogens is 2. The van der Waals surface area contributed by atoms with Gasteiger partial charge in [-0.2, -0.15) is 0 Å². The van der Waals surface area contributed by atoms with E-state index in [9.17, 15) is 14.0 Å². The number of carbonyl (C=O) groups excluding carboxylic acids is 1. The fourth-order valence-corrected chi connectivity index (χ4v) is 2.43. The van der Waals surface area contributed by atoms with Crippen molar-refractivity contribution in [2.24, 2.45) is 0 Å². The first kappa shape index (κ1) is 14.1. The Morgan fingerprint density at radius 2 is 2.05 bits per heavy atom. The first-order valence-corrected chi connectivity index (χ1v) is 6.82. The second kappa shape index (κ2) is 5.48. The molecule has 0 saturated carbocycles. The topological polar surface area (TPSA) is 80.9 Å². The predicted molar refractivity (Wildman–Crippen MR) is 82.3 cm³/mol. The number of hydrogen-bond acceptors (Lipinski definition) is 3. The third-order valence-electron chi connectivity index (χ3n) is 3.47. The van der Waals surface area contributed by atoms with Crippen LogP contribution in [0.1, 0.15) is 16.8 Å². The van der Waals surface area contributed by atoms with Crippen LogP contribution in [0.2, 0.25) is 0 Å². The number of imidazole rings is 1. The Kier molecular flexibility index (Phi) is 3.50. The van der Waals surface area contributed by atoms with Gasteiger partial charge in [0.25, 0.3) is 0 Å². The minimum Gasteiger partial charge on any atom is -0.399 e. The molecule has 0 radical (unpaired) electrons. The van der Waals surface area contributed by atoms with Gasteiger partial charge in [-0.25, -0.2) is 13.8 Å². The Hall–Kier alpha value is -2.89. The maximum atomic E-state index is 13.1. The number of carbonyl (C=O) groups is 1. The standard InChI is InChI=1S/C16H14FN3O2/c17-11-3-1-2-10(8-11)4-7-15(21)20-14-6-5-12(18)9-13(14)19-16(20)22/h1-3,5-6,8-9H,4,7,18H2,(H,19,22). The molecule has 0 saturated heterocycles. The molecule has 0 amide bonds. The second-order valence-corrected chi connectivity index (χ2v) is 5.07. The number of aryl methyl sites for hydroxylation is 1. The lowest BCUT2D eigenvalue weighted by atomic mass is 10.1. The number of aromatic amines is 1. The summed E-state index contributed by atoms with van der Waals surface area (Å²) in [5.74, 6) is -0.685. The van der Waals surface area contributed by atoms with Crippen LogP contribution in [0.15, 0.2) is 47.3 Å². The summed E-state index contributed by atoms with van der Waals surface area (Å²) in [6, 6.07) is 10.9. The molecule has 0 fully saturated rings. The molecule has 112 valence electrons. The van der Waals surface area contributed by atoms with Crippen molar-refractivity contribution in [2.45, 2.75) is 12.8 Å². The molecule has 0 atom stereocenters. The Bertz CT molecular complexity index is 911. The zero-order valence-electron chi connectivity index (χ0n) is 11.7. The van der Waals surface area contributed by atoms with Crippen LogP contribution in [0.4, 0.5) is 10.1 Å². The van der Waals surface area contributed by atoms with Gasteiger partial charge < -0.3 is 10.7 Å². The van der Waals surface area contributed by atoms with E-state index in [1.165, 1.54) is 12.1 Å². The lowest BCUT2D eigenvalue weighted by Gasteiger charge is -2.03. The highest BCUT2D eigenvalue weighted by molar-refractivity contribution is 5.91. The van der Waals surface area contributed by atoms with Crippen LogP contribution in [0, 0.1) is 5.82 Å². The van der Waals surface area contributed by atoms with E-state index in [1.54, 1.807) is 30.3 Å². The highest BCUT2D eigenvalue weighted by Crippen LogP contribution is 2.15. The minimum absolute atomic E-state index is 0.112. The van der Waals surface area contributed by atoms with Crippen LogP contribution >= 0.6 is 0 Å². The van der Waals surface area contributed by atoms with Gasteiger partial charge in [-0.1, -0.05) is 12.1 Å². The molecule has 0 aliphatic heterocycles. The van der Waals surface area contributed by atoms with Gasteiger partial charge in [0.15, 0.2) is 0 Å². The van der Waals surface area contributed by atoms with Crippen molar-refractivity contribution in [1.82, 2.24) is 9.55 Å². The van der Waals surface area contributed by atoms with Crippen molar-refractivity contribution in [3.05, 3.63) is 64.3 Å². The first-order chi connectivity index (χ1) is 10.5. The summed E-state index contributed by atoms with van der Waals surface area (Å²) in [7, 11) is 0. The van der Waals surface area contributed by atoms with Crippen molar-refractivity contribution in [2.75, 3.05) is 5.73 Å². The number of fused-ring (bicyclic) bond motifs is 1. The number of anilines is 1. The second-order valence-electron chi connectivity index (χ2n) is 5.07. The van der Waals surface area contributed by atoms with Crippen LogP contribution < -0.4 is 11.4 Å². The van der Waals surface area contributed by atoms with Gasteiger partial charge in [0.1, 0.15) is 5.82 Å². The lowest BCUT2D eigenvalue weighted by molar-refractivity contribution is 0.0904. The molecule has 0 spiro atoms. The first-order valence-electron chi connectivity index (χ1n) is 6.82. The third kappa shape index (κ3) is 2.63. The molecule has 0 unspecified atom stereocenters. The molecule has 22 heavy (non-hydrogen) atoms.